The molecule has 0 aromatic heterocycles. The number of Topliss-reactive ketones (excluding diaryl/α,β-unsaturated/α-hetero) is 1. The number of rotatable bonds is 5. The molecule has 0 spiro atoms. The van der Waals surface area contributed by atoms with E-state index in [1.807, 2.05) is 42.5 Å². The minimum absolute atomic E-state index is 0.0276. The standard InChI is InChI=1S/C26H23N3O4/c1-26(20-12-11-17-6-2-3-7-18(17)14-20)24(32)29(25(33)27-26)16-22(30)19-8-4-9-21(15-19)28-13-5-10-23(28)31/h2-4,6-9,11-12,14-15H,5,10,13,16H2,1H3,(H,27,33)/t26-/m0/s1. The van der Waals surface area contributed by atoms with Crippen molar-refractivity contribution >= 4 is 40.1 Å². The molecule has 166 valence electrons. The number of hydrogen-bond donors (Lipinski definition) is 1. The van der Waals surface area contributed by atoms with E-state index in [1.54, 1.807) is 36.1 Å². The first kappa shape index (κ1) is 20.9. The first-order chi connectivity index (χ1) is 15.9. The van der Waals surface area contributed by atoms with E-state index in [1.165, 1.54) is 0 Å². The van der Waals surface area contributed by atoms with Crippen LogP contribution in [0.5, 0.6) is 0 Å². The van der Waals surface area contributed by atoms with Gasteiger partial charge in [-0.05, 0) is 47.9 Å². The van der Waals surface area contributed by atoms with Crippen molar-refractivity contribution in [3.63, 3.8) is 0 Å². The number of amides is 4. The van der Waals surface area contributed by atoms with Crippen LogP contribution in [-0.2, 0) is 15.1 Å². The Morgan fingerprint density at radius 1 is 0.970 bits per heavy atom. The van der Waals surface area contributed by atoms with E-state index in [0.29, 0.717) is 29.8 Å². The molecule has 2 saturated heterocycles. The monoisotopic (exact) mass is 441 g/mol. The molecular formula is C26H23N3O4. The van der Waals surface area contributed by atoms with Gasteiger partial charge in [0.2, 0.25) is 5.91 Å². The summed E-state index contributed by atoms with van der Waals surface area (Å²) in [7, 11) is 0. The van der Waals surface area contributed by atoms with E-state index >= 15 is 0 Å². The average Bonchev–Trinajstić information content (AvgIpc) is 3.35. The fourth-order valence-corrected chi connectivity index (χ4v) is 4.54. The van der Waals surface area contributed by atoms with Crippen LogP contribution in [0.1, 0.15) is 35.7 Å². The molecule has 2 heterocycles. The number of urea groups is 1. The lowest BCUT2D eigenvalue weighted by atomic mass is 9.90. The summed E-state index contributed by atoms with van der Waals surface area (Å²) in [5.41, 5.74) is 0.406. The predicted octanol–water partition coefficient (Wildman–Crippen LogP) is 3.62. The van der Waals surface area contributed by atoms with Crippen LogP contribution in [-0.4, -0.2) is 41.6 Å². The molecule has 7 nitrogen and oxygen atoms in total. The highest BCUT2D eigenvalue weighted by Crippen LogP contribution is 2.31. The van der Waals surface area contributed by atoms with Gasteiger partial charge in [-0.3, -0.25) is 19.3 Å². The molecule has 1 atom stereocenters. The lowest BCUT2D eigenvalue weighted by molar-refractivity contribution is -0.130. The third-order valence-electron chi connectivity index (χ3n) is 6.46. The number of nitrogens with one attached hydrogen (secondary N) is 1. The van der Waals surface area contributed by atoms with E-state index in [0.717, 1.165) is 22.1 Å². The second kappa shape index (κ2) is 7.85. The van der Waals surface area contributed by atoms with Gasteiger partial charge in [-0.2, -0.15) is 0 Å². The number of anilines is 1. The lowest BCUT2D eigenvalue weighted by Gasteiger charge is -2.22. The lowest BCUT2D eigenvalue weighted by Crippen LogP contribution is -2.41. The molecule has 2 aliphatic heterocycles. The third kappa shape index (κ3) is 3.55. The van der Waals surface area contributed by atoms with E-state index < -0.39 is 17.5 Å². The second-order valence-electron chi connectivity index (χ2n) is 8.63. The van der Waals surface area contributed by atoms with Gasteiger partial charge in [-0.15, -0.1) is 0 Å². The van der Waals surface area contributed by atoms with E-state index in [-0.39, 0.29) is 18.2 Å². The summed E-state index contributed by atoms with van der Waals surface area (Å²) in [6.07, 6.45) is 1.28. The number of ketones is 1. The number of carbonyl (C=O) groups excluding carboxylic acids is 4. The van der Waals surface area contributed by atoms with Crippen LogP contribution >= 0.6 is 0 Å². The maximum atomic E-state index is 13.3. The Morgan fingerprint density at radius 2 is 1.76 bits per heavy atom. The van der Waals surface area contributed by atoms with Gasteiger partial charge >= 0.3 is 6.03 Å². The molecule has 0 bridgehead atoms. The molecule has 0 radical (unpaired) electrons. The summed E-state index contributed by atoms with van der Waals surface area (Å²) in [5.74, 6) is -0.809. The highest BCUT2D eigenvalue weighted by molar-refractivity contribution is 6.11. The Balaban J connectivity index is 1.38. The van der Waals surface area contributed by atoms with Crippen LogP contribution in [0.25, 0.3) is 10.8 Å². The molecule has 3 aromatic carbocycles. The van der Waals surface area contributed by atoms with Crippen molar-refractivity contribution in [3.05, 3.63) is 77.9 Å². The number of imide groups is 1. The molecule has 33 heavy (non-hydrogen) atoms. The Hall–Kier alpha value is -4.00. The van der Waals surface area contributed by atoms with Crippen molar-refractivity contribution in [1.82, 2.24) is 10.2 Å². The average molecular weight is 441 g/mol. The Bertz CT molecular complexity index is 1320. The quantitative estimate of drug-likeness (QED) is 0.484. The number of hydrogen-bond acceptors (Lipinski definition) is 4. The summed E-state index contributed by atoms with van der Waals surface area (Å²) in [4.78, 5) is 53.7. The van der Waals surface area contributed by atoms with Gasteiger partial charge in [0.05, 0.1) is 6.54 Å². The molecule has 2 fully saturated rings. The minimum Gasteiger partial charge on any atom is -0.319 e. The molecule has 0 aliphatic carbocycles. The fraction of sp³-hybridized carbons (Fsp3) is 0.231. The highest BCUT2D eigenvalue weighted by Gasteiger charge is 2.49. The summed E-state index contributed by atoms with van der Waals surface area (Å²) >= 11 is 0. The number of benzene rings is 3. The van der Waals surface area contributed by atoms with Crippen LogP contribution < -0.4 is 10.2 Å². The van der Waals surface area contributed by atoms with Crippen molar-refractivity contribution in [3.8, 4) is 0 Å². The van der Waals surface area contributed by atoms with Gasteiger partial charge in [-0.25, -0.2) is 4.79 Å². The van der Waals surface area contributed by atoms with E-state index in [2.05, 4.69) is 5.32 Å². The number of fused-ring (bicyclic) bond motifs is 1. The maximum absolute atomic E-state index is 13.3. The molecule has 3 aromatic rings. The molecule has 1 N–H and O–H groups in total. The van der Waals surface area contributed by atoms with Gasteiger partial charge in [0.1, 0.15) is 5.54 Å². The molecular weight excluding hydrogens is 418 g/mol. The molecule has 0 unspecified atom stereocenters. The van der Waals surface area contributed by atoms with Crippen molar-refractivity contribution < 1.29 is 19.2 Å². The Morgan fingerprint density at radius 3 is 2.52 bits per heavy atom. The van der Waals surface area contributed by atoms with E-state index in [4.69, 9.17) is 0 Å². The van der Waals surface area contributed by atoms with Gasteiger partial charge in [-0.1, -0.05) is 48.5 Å². The van der Waals surface area contributed by atoms with Crippen LogP contribution in [0.2, 0.25) is 0 Å². The smallest absolute Gasteiger partial charge is 0.319 e. The zero-order valence-electron chi connectivity index (χ0n) is 18.2. The van der Waals surface area contributed by atoms with Crippen LogP contribution in [0.15, 0.2) is 66.7 Å². The minimum atomic E-state index is -1.26. The predicted molar refractivity (Wildman–Crippen MR) is 124 cm³/mol. The topological polar surface area (TPSA) is 86.8 Å². The molecule has 5 rings (SSSR count). The first-order valence-electron chi connectivity index (χ1n) is 10.9. The summed E-state index contributed by atoms with van der Waals surface area (Å²) < 4.78 is 0. The fourth-order valence-electron chi connectivity index (χ4n) is 4.54. The summed E-state index contributed by atoms with van der Waals surface area (Å²) in [6, 6.07) is 19.6. The van der Waals surface area contributed by atoms with Gasteiger partial charge in [0.25, 0.3) is 5.91 Å². The Labute approximate surface area is 191 Å². The van der Waals surface area contributed by atoms with Gasteiger partial charge in [0.15, 0.2) is 5.78 Å². The van der Waals surface area contributed by atoms with Crippen molar-refractivity contribution in [2.45, 2.75) is 25.3 Å². The maximum Gasteiger partial charge on any atom is 0.325 e. The van der Waals surface area contributed by atoms with Crippen molar-refractivity contribution in [1.29, 1.82) is 0 Å². The van der Waals surface area contributed by atoms with Crippen LogP contribution in [0.3, 0.4) is 0 Å². The van der Waals surface area contributed by atoms with E-state index in [9.17, 15) is 19.2 Å². The number of nitrogens with zero attached hydrogens (tertiary/aromatic N) is 2. The third-order valence-corrected chi connectivity index (χ3v) is 6.46. The summed E-state index contributed by atoms with van der Waals surface area (Å²) in [5, 5.41) is 4.75. The number of carbonyl (C=O) groups is 4. The molecule has 4 amide bonds. The molecule has 2 aliphatic rings. The van der Waals surface area contributed by atoms with Crippen molar-refractivity contribution in [2.24, 2.45) is 0 Å². The second-order valence-corrected chi connectivity index (χ2v) is 8.63. The zero-order valence-corrected chi connectivity index (χ0v) is 18.2. The summed E-state index contributed by atoms with van der Waals surface area (Å²) in [6.45, 7) is 1.90. The largest absolute Gasteiger partial charge is 0.325 e. The SMILES string of the molecule is C[C@@]1(c2ccc3ccccc3c2)NC(=O)N(CC(=O)c2cccc(N3CCCC3=O)c2)C1=O. The molecule has 7 heteroatoms. The van der Waals surface area contributed by atoms with Gasteiger partial charge in [0, 0.05) is 24.2 Å². The van der Waals surface area contributed by atoms with Crippen molar-refractivity contribution in [2.75, 3.05) is 18.0 Å². The van der Waals surface area contributed by atoms with Crippen LogP contribution in [0, 0.1) is 0 Å². The first-order valence-corrected chi connectivity index (χ1v) is 10.9. The normalized spacial score (nSPS) is 20.6. The zero-order chi connectivity index (χ0) is 23.2. The van der Waals surface area contributed by atoms with Crippen LogP contribution in [0.4, 0.5) is 10.5 Å². The highest BCUT2D eigenvalue weighted by atomic mass is 16.2. The molecule has 0 saturated carbocycles. The van der Waals surface area contributed by atoms with Gasteiger partial charge < -0.3 is 10.2 Å². The Kier molecular flexibility index (Phi) is 4.96.